The summed E-state index contributed by atoms with van der Waals surface area (Å²) < 4.78 is 45.3. The van der Waals surface area contributed by atoms with E-state index in [4.69, 9.17) is 31.2 Å². The molecule has 0 aliphatic carbocycles. The van der Waals surface area contributed by atoms with Crippen LogP contribution in [-0.4, -0.2) is 59.3 Å². The number of fused-ring (bicyclic) bond motifs is 1. The summed E-state index contributed by atoms with van der Waals surface area (Å²) in [6.07, 6.45) is 5.20. The van der Waals surface area contributed by atoms with Gasteiger partial charge in [0.25, 0.3) is 0 Å². The van der Waals surface area contributed by atoms with Crippen LogP contribution < -0.4 is 9.47 Å². The Labute approximate surface area is 275 Å². The molecular formula is C34H35ClF2N6O4. The minimum atomic E-state index is -0.928. The molecule has 2 aromatic carbocycles. The van der Waals surface area contributed by atoms with E-state index >= 15 is 4.39 Å². The van der Waals surface area contributed by atoms with Crippen molar-refractivity contribution in [1.29, 1.82) is 0 Å². The SMILES string of the molecule is CCn1cncc1Cn1c(CN2CCC(Oc3cccc(COc4ccc(Cl)cc4F)n3)CC2)nc2c(F)cc(CCC(=O)O)cc21. The molecule has 3 aromatic heterocycles. The van der Waals surface area contributed by atoms with Crippen LogP contribution in [0.1, 0.15) is 49.0 Å². The van der Waals surface area contributed by atoms with Crippen LogP contribution >= 0.6 is 11.6 Å². The molecule has 47 heavy (non-hydrogen) atoms. The van der Waals surface area contributed by atoms with Gasteiger partial charge in [0, 0.05) is 43.3 Å². The Hall–Kier alpha value is -4.55. The number of imidazole rings is 2. The number of aliphatic carboxylic acids is 1. The first kappa shape index (κ1) is 32.4. The van der Waals surface area contributed by atoms with Crippen molar-refractivity contribution < 1.29 is 28.2 Å². The summed E-state index contributed by atoms with van der Waals surface area (Å²) in [5, 5.41) is 9.46. The van der Waals surface area contributed by atoms with Crippen molar-refractivity contribution in [2.45, 2.75) is 65.0 Å². The lowest BCUT2D eigenvalue weighted by molar-refractivity contribution is -0.136. The second-order valence-corrected chi connectivity index (χ2v) is 12.0. The lowest BCUT2D eigenvalue weighted by atomic mass is 10.1. The molecule has 10 nitrogen and oxygen atoms in total. The van der Waals surface area contributed by atoms with E-state index in [1.54, 1.807) is 30.7 Å². The highest BCUT2D eigenvalue weighted by molar-refractivity contribution is 6.30. The summed E-state index contributed by atoms with van der Waals surface area (Å²) in [6.45, 7) is 5.31. The zero-order chi connectivity index (χ0) is 32.9. The van der Waals surface area contributed by atoms with Crippen LogP contribution in [-0.2, 0) is 37.5 Å². The number of halogens is 3. The first-order valence-electron chi connectivity index (χ1n) is 15.6. The molecule has 0 spiro atoms. The Balaban J connectivity index is 1.12. The fourth-order valence-electron chi connectivity index (χ4n) is 5.81. The minimum Gasteiger partial charge on any atom is -0.484 e. The van der Waals surface area contributed by atoms with E-state index in [-0.39, 0.29) is 36.8 Å². The second kappa shape index (κ2) is 14.5. The van der Waals surface area contributed by atoms with Gasteiger partial charge in [-0.25, -0.2) is 23.7 Å². The number of hydrogen-bond donors (Lipinski definition) is 1. The van der Waals surface area contributed by atoms with Gasteiger partial charge in [-0.2, -0.15) is 0 Å². The molecule has 5 aromatic rings. The normalized spacial score (nSPS) is 14.1. The van der Waals surface area contributed by atoms with Crippen LogP contribution in [0.3, 0.4) is 0 Å². The second-order valence-electron chi connectivity index (χ2n) is 11.5. The largest absolute Gasteiger partial charge is 0.484 e. The average molecular weight is 665 g/mol. The molecule has 0 bridgehead atoms. The monoisotopic (exact) mass is 664 g/mol. The first-order chi connectivity index (χ1) is 22.7. The maximum absolute atomic E-state index is 15.3. The number of rotatable bonds is 13. The predicted octanol–water partition coefficient (Wildman–Crippen LogP) is 6.27. The highest BCUT2D eigenvalue weighted by Gasteiger charge is 2.24. The van der Waals surface area contributed by atoms with Crippen LogP contribution in [0.2, 0.25) is 5.02 Å². The van der Waals surface area contributed by atoms with Gasteiger partial charge in [0.2, 0.25) is 5.88 Å². The van der Waals surface area contributed by atoms with E-state index in [0.717, 1.165) is 44.0 Å². The standard InChI is InChI=1S/C34H35ClF2N6O4/c1-2-42-21-38-17-25(42)18-43-29-15-22(6-9-33(44)45)14-28(37)34(29)40-31(43)19-41-12-10-26(11-13-41)47-32-5-3-4-24(39-32)20-46-30-8-7-23(35)16-27(30)36/h3-5,7-8,14-17,21,26H,2,6,9-13,18-20H2,1H3,(H,44,45). The first-order valence-corrected chi connectivity index (χ1v) is 15.9. The van der Waals surface area contributed by atoms with Gasteiger partial charge >= 0.3 is 5.97 Å². The topological polar surface area (TPSA) is 108 Å². The lowest BCUT2D eigenvalue weighted by Crippen LogP contribution is -2.38. The molecule has 1 N–H and O–H groups in total. The van der Waals surface area contributed by atoms with Crippen LogP contribution in [0.5, 0.6) is 11.6 Å². The third-order valence-corrected chi connectivity index (χ3v) is 8.51. The van der Waals surface area contributed by atoms with Crippen molar-refractivity contribution in [3.05, 3.63) is 100 Å². The molecule has 6 rings (SSSR count). The fraction of sp³-hybridized carbons (Fsp3) is 0.353. The van der Waals surface area contributed by atoms with Crippen molar-refractivity contribution in [1.82, 2.24) is 29.0 Å². The Morgan fingerprint density at radius 3 is 2.66 bits per heavy atom. The van der Waals surface area contributed by atoms with Gasteiger partial charge in [-0.15, -0.1) is 0 Å². The Bertz CT molecular complexity index is 1870. The fourth-order valence-corrected chi connectivity index (χ4v) is 5.97. The van der Waals surface area contributed by atoms with Gasteiger partial charge in [-0.3, -0.25) is 9.69 Å². The third kappa shape index (κ3) is 7.88. The lowest BCUT2D eigenvalue weighted by Gasteiger charge is -2.31. The smallest absolute Gasteiger partial charge is 0.303 e. The number of carboxylic acid groups (broad SMARTS) is 1. The number of piperidine rings is 1. The summed E-state index contributed by atoms with van der Waals surface area (Å²) in [6, 6.07) is 12.9. The van der Waals surface area contributed by atoms with E-state index in [0.29, 0.717) is 40.8 Å². The van der Waals surface area contributed by atoms with Crippen LogP contribution in [0.15, 0.2) is 61.1 Å². The Morgan fingerprint density at radius 1 is 1.06 bits per heavy atom. The van der Waals surface area contributed by atoms with Gasteiger partial charge in [0.1, 0.15) is 24.1 Å². The molecule has 4 heterocycles. The number of carbonyl (C=O) groups is 1. The molecule has 246 valence electrons. The summed E-state index contributed by atoms with van der Waals surface area (Å²) in [5.74, 6) is -0.625. The third-order valence-electron chi connectivity index (χ3n) is 8.27. The molecule has 1 aliphatic rings. The van der Waals surface area contributed by atoms with E-state index < -0.39 is 17.6 Å². The molecule has 0 radical (unpaired) electrons. The van der Waals surface area contributed by atoms with Crippen molar-refractivity contribution in [2.24, 2.45) is 0 Å². The Morgan fingerprint density at radius 2 is 1.89 bits per heavy atom. The van der Waals surface area contributed by atoms with Gasteiger partial charge in [0.05, 0.1) is 36.3 Å². The highest BCUT2D eigenvalue weighted by Crippen LogP contribution is 2.27. The van der Waals surface area contributed by atoms with Gasteiger partial charge in [-0.05, 0) is 68.1 Å². The number of benzene rings is 2. The van der Waals surface area contributed by atoms with Gasteiger partial charge in [-0.1, -0.05) is 17.7 Å². The maximum Gasteiger partial charge on any atom is 0.303 e. The zero-order valence-corrected chi connectivity index (χ0v) is 26.7. The highest BCUT2D eigenvalue weighted by atomic mass is 35.5. The van der Waals surface area contributed by atoms with Crippen molar-refractivity contribution in [2.75, 3.05) is 13.1 Å². The van der Waals surface area contributed by atoms with Crippen LogP contribution in [0, 0.1) is 11.6 Å². The maximum atomic E-state index is 15.3. The van der Waals surface area contributed by atoms with E-state index in [9.17, 15) is 9.18 Å². The van der Waals surface area contributed by atoms with Crippen molar-refractivity contribution in [3.8, 4) is 11.6 Å². The quantitative estimate of drug-likeness (QED) is 0.157. The van der Waals surface area contributed by atoms with Crippen LogP contribution in [0.4, 0.5) is 8.78 Å². The molecule has 0 amide bonds. The molecule has 0 atom stereocenters. The number of aromatic nitrogens is 5. The molecule has 0 saturated carbocycles. The summed E-state index contributed by atoms with van der Waals surface area (Å²) in [7, 11) is 0. The van der Waals surface area contributed by atoms with Gasteiger partial charge < -0.3 is 23.7 Å². The summed E-state index contributed by atoms with van der Waals surface area (Å²) >= 11 is 5.82. The Kier molecular flexibility index (Phi) is 9.98. The van der Waals surface area contributed by atoms with Crippen molar-refractivity contribution in [3.63, 3.8) is 0 Å². The number of ether oxygens (including phenoxy) is 2. The summed E-state index contributed by atoms with van der Waals surface area (Å²) in [5.41, 5.74) is 3.10. The summed E-state index contributed by atoms with van der Waals surface area (Å²) in [4.78, 5) is 27.0. The number of carboxylic acids is 1. The molecule has 13 heteroatoms. The van der Waals surface area contributed by atoms with E-state index in [1.165, 1.54) is 18.2 Å². The van der Waals surface area contributed by atoms with E-state index in [1.807, 2.05) is 28.2 Å². The van der Waals surface area contributed by atoms with E-state index in [2.05, 4.69) is 14.9 Å². The predicted molar refractivity (Wildman–Crippen MR) is 172 cm³/mol. The van der Waals surface area contributed by atoms with Gasteiger partial charge in [0.15, 0.2) is 17.4 Å². The minimum absolute atomic E-state index is 0.0458. The molecule has 1 saturated heterocycles. The number of likely N-dealkylation sites (tertiary alicyclic amines) is 1. The molecule has 0 unspecified atom stereocenters. The molecule has 1 aliphatic heterocycles. The number of pyridine rings is 1. The molecule has 1 fully saturated rings. The number of hydrogen-bond acceptors (Lipinski definition) is 7. The average Bonchev–Trinajstić information content (AvgIpc) is 3.65. The zero-order valence-electron chi connectivity index (χ0n) is 25.9. The van der Waals surface area contributed by atoms with Crippen LogP contribution in [0.25, 0.3) is 11.0 Å². The molecular weight excluding hydrogens is 630 g/mol. The van der Waals surface area contributed by atoms with Crippen molar-refractivity contribution >= 4 is 28.6 Å². The number of nitrogens with zero attached hydrogens (tertiary/aromatic N) is 6. The number of aryl methyl sites for hydroxylation is 2.